The van der Waals surface area contributed by atoms with E-state index in [1.165, 1.54) is 0 Å². The summed E-state index contributed by atoms with van der Waals surface area (Å²) in [4.78, 5) is 1.74. The Morgan fingerprint density at radius 3 is 2.33 bits per heavy atom. The van der Waals surface area contributed by atoms with Crippen molar-refractivity contribution in [1.29, 1.82) is 0 Å². The van der Waals surface area contributed by atoms with E-state index in [2.05, 4.69) is 0 Å². The van der Waals surface area contributed by atoms with E-state index in [1.807, 2.05) is 0 Å². The molecule has 0 bridgehead atoms. The molecular formula is C6H13NO2. The lowest BCUT2D eigenvalue weighted by molar-refractivity contribution is -0.0864. The molecule has 3 heteroatoms. The Morgan fingerprint density at radius 2 is 2.22 bits per heavy atom. The van der Waals surface area contributed by atoms with Gasteiger partial charge in [0.1, 0.15) is 11.8 Å². The van der Waals surface area contributed by atoms with Crippen molar-refractivity contribution in [2.24, 2.45) is 0 Å². The number of likely N-dealkylation sites (N-methyl/N-ethyl adjacent to an activating group) is 1. The summed E-state index contributed by atoms with van der Waals surface area (Å²) in [5.41, 5.74) is -0.894. The fourth-order valence-corrected chi connectivity index (χ4v) is 1.13. The van der Waals surface area contributed by atoms with Crippen molar-refractivity contribution in [3.8, 4) is 0 Å². The molecule has 1 fully saturated rings. The molecule has 2 N–H and O–H groups in total. The molecule has 1 aliphatic heterocycles. The van der Waals surface area contributed by atoms with Crippen LogP contribution < -0.4 is 0 Å². The molecule has 1 heterocycles. The molecule has 0 aliphatic carbocycles. The number of nitrogens with zero attached hydrogens (tertiary/aromatic N) is 1. The Kier molecular flexibility index (Phi) is 1.50. The summed E-state index contributed by atoms with van der Waals surface area (Å²) in [6.07, 6.45) is -0.0255. The van der Waals surface area contributed by atoms with E-state index in [0.29, 0.717) is 6.42 Å². The minimum atomic E-state index is -0.894. The maximum Gasteiger partial charge on any atom is 0.135 e. The summed E-state index contributed by atoms with van der Waals surface area (Å²) in [5.74, 6) is 0. The van der Waals surface area contributed by atoms with Crippen LogP contribution in [0.4, 0.5) is 0 Å². The highest BCUT2D eigenvalue weighted by Crippen LogP contribution is 2.24. The molecule has 0 saturated carbocycles. The van der Waals surface area contributed by atoms with Crippen LogP contribution in [0.25, 0.3) is 0 Å². The third kappa shape index (κ3) is 1.08. The first-order valence-electron chi connectivity index (χ1n) is 3.15. The predicted molar refractivity (Wildman–Crippen MR) is 33.9 cm³/mol. The number of hydrogen-bond acceptors (Lipinski definition) is 3. The van der Waals surface area contributed by atoms with Crippen LogP contribution in [-0.2, 0) is 0 Å². The summed E-state index contributed by atoms with van der Waals surface area (Å²) in [5, 5.41) is 18.5. The molecule has 0 aromatic carbocycles. The van der Waals surface area contributed by atoms with Crippen LogP contribution >= 0.6 is 0 Å². The monoisotopic (exact) mass is 131 g/mol. The number of aliphatic hydroxyl groups is 2. The average molecular weight is 131 g/mol. The molecule has 0 aromatic heterocycles. The molecule has 1 saturated heterocycles. The van der Waals surface area contributed by atoms with Gasteiger partial charge in [0.05, 0.1) is 0 Å². The van der Waals surface area contributed by atoms with Gasteiger partial charge in [-0.15, -0.1) is 0 Å². The minimum Gasteiger partial charge on any atom is -0.386 e. The summed E-state index contributed by atoms with van der Waals surface area (Å²) in [6.45, 7) is 2.43. The smallest absolute Gasteiger partial charge is 0.135 e. The maximum absolute atomic E-state index is 9.34. The Hall–Kier alpha value is -0.120. The Labute approximate surface area is 54.9 Å². The van der Waals surface area contributed by atoms with Crippen molar-refractivity contribution < 1.29 is 10.2 Å². The summed E-state index contributed by atoms with van der Waals surface area (Å²) in [7, 11) is 1.80. The first-order chi connectivity index (χ1) is 4.04. The van der Waals surface area contributed by atoms with Gasteiger partial charge in [0.15, 0.2) is 0 Å². The van der Waals surface area contributed by atoms with Crippen molar-refractivity contribution in [3.05, 3.63) is 0 Å². The van der Waals surface area contributed by atoms with Crippen molar-refractivity contribution in [3.63, 3.8) is 0 Å². The van der Waals surface area contributed by atoms with E-state index in [1.54, 1.807) is 18.9 Å². The van der Waals surface area contributed by atoms with Gasteiger partial charge in [-0.3, -0.25) is 4.90 Å². The topological polar surface area (TPSA) is 43.7 Å². The Balaban J connectivity index is 2.62. The second-order valence-electron chi connectivity index (χ2n) is 2.96. The van der Waals surface area contributed by atoms with Gasteiger partial charge in [0.2, 0.25) is 0 Å². The molecule has 2 atom stereocenters. The molecule has 1 rings (SSSR count). The lowest BCUT2D eigenvalue weighted by atomic mass is 10.1. The fraction of sp³-hybridized carbons (Fsp3) is 1.00. The van der Waals surface area contributed by atoms with Crippen molar-refractivity contribution in [2.75, 3.05) is 13.6 Å². The molecule has 1 unspecified atom stereocenters. The van der Waals surface area contributed by atoms with Crippen LogP contribution in [0.2, 0.25) is 0 Å². The van der Waals surface area contributed by atoms with E-state index >= 15 is 0 Å². The minimum absolute atomic E-state index is 0.657. The second kappa shape index (κ2) is 1.94. The first-order valence-corrected chi connectivity index (χ1v) is 3.15. The number of likely N-dealkylation sites (tertiary alicyclic amines) is 1. The molecule has 9 heavy (non-hydrogen) atoms. The Morgan fingerprint density at radius 1 is 1.67 bits per heavy atom. The average Bonchev–Trinajstić information content (AvgIpc) is 1.97. The predicted octanol–water partition coefficient (Wildman–Crippen LogP) is -0.609. The van der Waals surface area contributed by atoms with Gasteiger partial charge in [-0.05, 0) is 20.4 Å². The van der Waals surface area contributed by atoms with Crippen LogP contribution in [-0.4, -0.2) is 40.5 Å². The van der Waals surface area contributed by atoms with E-state index < -0.39 is 11.8 Å². The zero-order valence-corrected chi connectivity index (χ0v) is 5.83. The van der Waals surface area contributed by atoms with Crippen LogP contribution in [0.3, 0.4) is 0 Å². The molecular weight excluding hydrogens is 118 g/mol. The SMILES string of the molecule is CN1CC[C@](C)(O)C1O. The van der Waals surface area contributed by atoms with E-state index in [-0.39, 0.29) is 0 Å². The van der Waals surface area contributed by atoms with Gasteiger partial charge in [-0.25, -0.2) is 0 Å². The molecule has 0 amide bonds. The van der Waals surface area contributed by atoms with E-state index in [4.69, 9.17) is 0 Å². The lowest BCUT2D eigenvalue weighted by Gasteiger charge is -2.23. The van der Waals surface area contributed by atoms with E-state index in [0.717, 1.165) is 6.54 Å². The highest BCUT2D eigenvalue weighted by atomic mass is 16.4. The number of aliphatic hydroxyl groups excluding tert-OH is 1. The molecule has 54 valence electrons. The number of hydrogen-bond donors (Lipinski definition) is 2. The normalized spacial score (nSPS) is 46.0. The van der Waals surface area contributed by atoms with Gasteiger partial charge < -0.3 is 10.2 Å². The zero-order valence-electron chi connectivity index (χ0n) is 5.83. The molecule has 1 aliphatic rings. The van der Waals surface area contributed by atoms with Gasteiger partial charge in [0.25, 0.3) is 0 Å². The van der Waals surface area contributed by atoms with Crippen LogP contribution in [0.5, 0.6) is 0 Å². The van der Waals surface area contributed by atoms with Crippen LogP contribution in [0.1, 0.15) is 13.3 Å². The largest absolute Gasteiger partial charge is 0.386 e. The quantitative estimate of drug-likeness (QED) is 0.461. The maximum atomic E-state index is 9.34. The molecule has 0 spiro atoms. The summed E-state index contributed by atoms with van der Waals surface area (Å²) in [6, 6.07) is 0. The first kappa shape index (κ1) is 6.99. The molecule has 0 radical (unpaired) electrons. The van der Waals surface area contributed by atoms with Crippen molar-refractivity contribution >= 4 is 0 Å². The standard InChI is InChI=1S/C6H13NO2/c1-6(9)3-4-7(2)5(6)8/h5,8-9H,3-4H2,1-2H3/t5?,6-/m0/s1. The third-order valence-electron chi connectivity index (χ3n) is 1.94. The highest BCUT2D eigenvalue weighted by Gasteiger charge is 2.38. The second-order valence-corrected chi connectivity index (χ2v) is 2.96. The van der Waals surface area contributed by atoms with Crippen LogP contribution in [0.15, 0.2) is 0 Å². The highest BCUT2D eigenvalue weighted by molar-refractivity contribution is 4.88. The van der Waals surface area contributed by atoms with Crippen molar-refractivity contribution in [1.82, 2.24) is 4.90 Å². The van der Waals surface area contributed by atoms with Gasteiger partial charge in [-0.2, -0.15) is 0 Å². The van der Waals surface area contributed by atoms with Gasteiger partial charge in [0, 0.05) is 6.54 Å². The zero-order chi connectivity index (χ0) is 7.07. The Bertz CT molecular complexity index is 114. The summed E-state index contributed by atoms with van der Waals surface area (Å²) < 4.78 is 0. The fourth-order valence-electron chi connectivity index (χ4n) is 1.13. The van der Waals surface area contributed by atoms with Crippen LogP contribution in [0, 0.1) is 0 Å². The van der Waals surface area contributed by atoms with Crippen molar-refractivity contribution in [2.45, 2.75) is 25.2 Å². The number of rotatable bonds is 0. The lowest BCUT2D eigenvalue weighted by Crippen LogP contribution is -2.40. The van der Waals surface area contributed by atoms with E-state index in [9.17, 15) is 10.2 Å². The molecule has 3 nitrogen and oxygen atoms in total. The third-order valence-corrected chi connectivity index (χ3v) is 1.94. The van der Waals surface area contributed by atoms with Gasteiger partial charge >= 0.3 is 0 Å². The summed E-state index contributed by atoms with van der Waals surface area (Å²) >= 11 is 0. The molecule has 0 aromatic rings. The van der Waals surface area contributed by atoms with Gasteiger partial charge in [-0.1, -0.05) is 0 Å².